The van der Waals surface area contributed by atoms with Gasteiger partial charge in [-0.15, -0.1) is 0 Å². The van der Waals surface area contributed by atoms with E-state index in [4.69, 9.17) is 21.1 Å². The Morgan fingerprint density at radius 3 is 2.54 bits per heavy atom. The van der Waals surface area contributed by atoms with Gasteiger partial charge in [-0.1, -0.05) is 23.7 Å². The zero-order chi connectivity index (χ0) is 19.1. The van der Waals surface area contributed by atoms with Crippen LogP contribution in [0, 0.1) is 5.82 Å². The topological polar surface area (TPSA) is 81.7 Å². The molecule has 0 heterocycles. The molecule has 2 rings (SSSR count). The highest BCUT2D eigenvalue weighted by molar-refractivity contribution is 6.32. The van der Waals surface area contributed by atoms with Gasteiger partial charge in [-0.3, -0.25) is 14.4 Å². The minimum absolute atomic E-state index is 0.191. The maximum Gasteiger partial charge on any atom is 0.325 e. The molecule has 1 amide bonds. The fraction of sp³-hybridized carbons (Fsp3) is 0.167. The van der Waals surface area contributed by atoms with E-state index < -0.39 is 36.6 Å². The first kappa shape index (κ1) is 19.4. The first-order valence-corrected chi connectivity index (χ1v) is 7.85. The number of ether oxygens (including phenoxy) is 2. The summed E-state index contributed by atoms with van der Waals surface area (Å²) in [6.45, 7) is -1.01. The summed E-state index contributed by atoms with van der Waals surface area (Å²) in [6.07, 6.45) is 0. The van der Waals surface area contributed by atoms with E-state index in [-0.39, 0.29) is 16.1 Å². The third kappa shape index (κ3) is 5.03. The number of esters is 1. The predicted molar refractivity (Wildman–Crippen MR) is 92.0 cm³/mol. The molecule has 0 saturated carbocycles. The number of rotatable bonds is 7. The number of halogens is 2. The molecule has 136 valence electrons. The molecule has 26 heavy (non-hydrogen) atoms. The van der Waals surface area contributed by atoms with Crippen molar-refractivity contribution in [2.75, 3.05) is 20.3 Å². The van der Waals surface area contributed by atoms with Gasteiger partial charge in [0.05, 0.1) is 17.7 Å². The molecular formula is C18H15ClFNO5. The molecule has 6 nitrogen and oxygen atoms in total. The minimum Gasteiger partial charge on any atom is -0.495 e. The largest absolute Gasteiger partial charge is 0.495 e. The number of Topliss-reactive ketones (excluding diaryl/α,β-unsaturated/α-hetero) is 1. The average molecular weight is 380 g/mol. The van der Waals surface area contributed by atoms with Crippen LogP contribution in [0.15, 0.2) is 42.5 Å². The van der Waals surface area contributed by atoms with E-state index >= 15 is 0 Å². The zero-order valence-electron chi connectivity index (χ0n) is 13.8. The van der Waals surface area contributed by atoms with Crippen LogP contribution in [0.2, 0.25) is 5.02 Å². The van der Waals surface area contributed by atoms with Gasteiger partial charge in [0, 0.05) is 5.56 Å². The lowest BCUT2D eigenvalue weighted by Crippen LogP contribution is -2.32. The second-order valence-electron chi connectivity index (χ2n) is 5.10. The number of carbonyl (C=O) groups excluding carboxylic acids is 3. The van der Waals surface area contributed by atoms with Crippen molar-refractivity contribution in [1.29, 1.82) is 0 Å². The summed E-state index contributed by atoms with van der Waals surface area (Å²) in [7, 11) is 1.44. The second kappa shape index (κ2) is 8.96. The number of carbonyl (C=O) groups is 3. The second-order valence-corrected chi connectivity index (χ2v) is 5.50. The summed E-state index contributed by atoms with van der Waals surface area (Å²) >= 11 is 5.93. The average Bonchev–Trinajstić information content (AvgIpc) is 2.64. The molecule has 2 aromatic rings. The molecule has 0 saturated heterocycles. The molecule has 0 aliphatic heterocycles. The van der Waals surface area contributed by atoms with Crippen molar-refractivity contribution >= 4 is 29.3 Å². The Hall–Kier alpha value is -2.93. The highest BCUT2D eigenvalue weighted by atomic mass is 35.5. The van der Waals surface area contributed by atoms with Crippen LogP contribution in [0.5, 0.6) is 5.75 Å². The quantitative estimate of drug-likeness (QED) is 0.590. The van der Waals surface area contributed by atoms with E-state index in [1.807, 2.05) is 0 Å². The smallest absolute Gasteiger partial charge is 0.325 e. The number of hydrogen-bond donors (Lipinski definition) is 1. The van der Waals surface area contributed by atoms with Crippen molar-refractivity contribution in [3.05, 3.63) is 64.4 Å². The van der Waals surface area contributed by atoms with Crippen LogP contribution in [-0.4, -0.2) is 37.9 Å². The molecule has 0 unspecified atom stereocenters. The SMILES string of the molecule is COc1ccc(C(=O)COC(=O)CNC(=O)c2ccccc2F)cc1Cl. The Kier molecular flexibility index (Phi) is 6.68. The van der Waals surface area contributed by atoms with Crippen LogP contribution in [-0.2, 0) is 9.53 Å². The van der Waals surface area contributed by atoms with Crippen molar-refractivity contribution in [2.24, 2.45) is 0 Å². The molecule has 1 N–H and O–H groups in total. The van der Waals surface area contributed by atoms with E-state index in [1.54, 1.807) is 0 Å². The summed E-state index contributed by atoms with van der Waals surface area (Å²) in [5.41, 5.74) is 0.0586. The third-order valence-electron chi connectivity index (χ3n) is 3.35. The van der Waals surface area contributed by atoms with Gasteiger partial charge in [0.1, 0.15) is 18.1 Å². The molecule has 8 heteroatoms. The summed E-state index contributed by atoms with van der Waals surface area (Å²) < 4.78 is 23.2. The van der Waals surface area contributed by atoms with E-state index in [0.29, 0.717) is 5.75 Å². The van der Waals surface area contributed by atoms with E-state index in [2.05, 4.69) is 5.32 Å². The van der Waals surface area contributed by atoms with Crippen molar-refractivity contribution in [1.82, 2.24) is 5.32 Å². The number of methoxy groups -OCH3 is 1. The molecule has 0 aliphatic rings. The predicted octanol–water partition coefficient (Wildman–Crippen LogP) is 2.64. The third-order valence-corrected chi connectivity index (χ3v) is 3.65. The van der Waals surface area contributed by atoms with Gasteiger partial charge in [-0.05, 0) is 30.3 Å². The van der Waals surface area contributed by atoms with Crippen LogP contribution in [0.25, 0.3) is 0 Å². The van der Waals surface area contributed by atoms with Crippen molar-refractivity contribution in [3.8, 4) is 5.75 Å². The minimum atomic E-state index is -0.831. The van der Waals surface area contributed by atoms with E-state index in [9.17, 15) is 18.8 Å². The first-order chi connectivity index (χ1) is 12.4. The van der Waals surface area contributed by atoms with Gasteiger partial charge in [0.2, 0.25) is 0 Å². The molecule has 0 spiro atoms. The molecule has 0 fully saturated rings. The van der Waals surface area contributed by atoms with Crippen molar-refractivity contribution < 1.29 is 28.2 Å². The van der Waals surface area contributed by atoms with Crippen molar-refractivity contribution in [2.45, 2.75) is 0 Å². The van der Waals surface area contributed by atoms with Crippen LogP contribution in [0.4, 0.5) is 4.39 Å². The lowest BCUT2D eigenvalue weighted by molar-refractivity contribution is -0.141. The number of hydrogen-bond acceptors (Lipinski definition) is 5. The maximum absolute atomic E-state index is 13.5. The summed E-state index contributed by atoms with van der Waals surface area (Å²) in [5, 5.41) is 2.48. The Bertz CT molecular complexity index is 840. The highest BCUT2D eigenvalue weighted by Gasteiger charge is 2.15. The van der Waals surface area contributed by atoms with Gasteiger partial charge < -0.3 is 14.8 Å². The lowest BCUT2D eigenvalue weighted by atomic mass is 10.1. The zero-order valence-corrected chi connectivity index (χ0v) is 14.5. The highest BCUT2D eigenvalue weighted by Crippen LogP contribution is 2.25. The van der Waals surface area contributed by atoms with E-state index in [0.717, 1.165) is 6.07 Å². The van der Waals surface area contributed by atoms with Crippen LogP contribution < -0.4 is 10.1 Å². The number of amides is 1. The Labute approximate surface area is 153 Å². The number of benzene rings is 2. The van der Waals surface area contributed by atoms with Gasteiger partial charge in [-0.2, -0.15) is 0 Å². The summed E-state index contributed by atoms with van der Waals surface area (Å²) in [6, 6.07) is 9.76. The van der Waals surface area contributed by atoms with Crippen LogP contribution >= 0.6 is 11.6 Å². The van der Waals surface area contributed by atoms with E-state index in [1.165, 1.54) is 43.5 Å². The fourth-order valence-electron chi connectivity index (χ4n) is 2.01. The number of nitrogens with one attached hydrogen (secondary N) is 1. The normalized spacial score (nSPS) is 10.1. The van der Waals surface area contributed by atoms with Crippen LogP contribution in [0.1, 0.15) is 20.7 Å². The van der Waals surface area contributed by atoms with Gasteiger partial charge in [0.15, 0.2) is 12.4 Å². The molecule has 0 aromatic heterocycles. The first-order valence-electron chi connectivity index (χ1n) is 7.47. The van der Waals surface area contributed by atoms with Gasteiger partial charge in [-0.25, -0.2) is 4.39 Å². The molecule has 0 aliphatic carbocycles. The molecule has 0 radical (unpaired) electrons. The Morgan fingerprint density at radius 1 is 1.15 bits per heavy atom. The maximum atomic E-state index is 13.5. The summed E-state index contributed by atoms with van der Waals surface area (Å²) in [4.78, 5) is 35.4. The number of ketones is 1. The lowest BCUT2D eigenvalue weighted by Gasteiger charge is -2.08. The summed E-state index contributed by atoms with van der Waals surface area (Å²) in [5.74, 6) is -2.35. The van der Waals surface area contributed by atoms with Crippen molar-refractivity contribution in [3.63, 3.8) is 0 Å². The molecule has 2 aromatic carbocycles. The fourth-order valence-corrected chi connectivity index (χ4v) is 2.27. The molecule has 0 bridgehead atoms. The standard InChI is InChI=1S/C18H15ClFNO5/c1-25-16-7-6-11(8-13(16)19)15(22)10-26-17(23)9-21-18(24)12-4-2-3-5-14(12)20/h2-8H,9-10H2,1H3,(H,21,24). The monoisotopic (exact) mass is 379 g/mol. The van der Waals surface area contributed by atoms with Gasteiger partial charge in [0.25, 0.3) is 5.91 Å². The van der Waals surface area contributed by atoms with Gasteiger partial charge >= 0.3 is 5.97 Å². The molecule has 0 atom stereocenters. The molecular weight excluding hydrogens is 365 g/mol. The van der Waals surface area contributed by atoms with Crippen LogP contribution in [0.3, 0.4) is 0 Å². The Balaban J connectivity index is 1.83. The Morgan fingerprint density at radius 2 is 1.88 bits per heavy atom.